The topological polar surface area (TPSA) is 53.4 Å². The second kappa shape index (κ2) is 8.85. The molecule has 3 rings (SSSR count). The molecule has 0 radical (unpaired) electrons. The van der Waals surface area contributed by atoms with Crippen LogP contribution in [0.5, 0.6) is 5.75 Å². The van der Waals surface area contributed by atoms with E-state index in [-0.39, 0.29) is 0 Å². The summed E-state index contributed by atoms with van der Waals surface area (Å²) in [7, 11) is 1.62. The number of methoxy groups -OCH3 is 1. The van der Waals surface area contributed by atoms with Crippen LogP contribution in [0.15, 0.2) is 67.0 Å². The molecule has 0 aliphatic rings. The Bertz CT molecular complexity index is 912. The lowest BCUT2D eigenvalue weighted by Gasteiger charge is -2.11. The van der Waals surface area contributed by atoms with Gasteiger partial charge in [0.1, 0.15) is 17.1 Å². The number of ether oxygens (including phenoxy) is 2. The molecule has 5 heteroatoms. The van der Waals surface area contributed by atoms with Gasteiger partial charge in [0.15, 0.2) is 0 Å². The van der Waals surface area contributed by atoms with E-state index in [4.69, 9.17) is 9.47 Å². The van der Waals surface area contributed by atoms with Gasteiger partial charge in [-0.2, -0.15) is 0 Å². The van der Waals surface area contributed by atoms with Crippen LogP contribution in [0.1, 0.15) is 23.9 Å². The van der Waals surface area contributed by atoms with Crippen molar-refractivity contribution in [2.24, 2.45) is 0 Å². The summed E-state index contributed by atoms with van der Waals surface area (Å²) in [6.07, 6.45) is 5.35. The average Bonchev–Trinajstić information content (AvgIpc) is 3.15. The van der Waals surface area contributed by atoms with Gasteiger partial charge in [-0.05, 0) is 36.3 Å². The molecule has 0 fully saturated rings. The van der Waals surface area contributed by atoms with Crippen molar-refractivity contribution in [3.63, 3.8) is 0 Å². The van der Waals surface area contributed by atoms with Gasteiger partial charge in [-0.3, -0.25) is 0 Å². The van der Waals surface area contributed by atoms with E-state index in [1.165, 1.54) is 0 Å². The molecule has 0 amide bonds. The van der Waals surface area contributed by atoms with Gasteiger partial charge in [0, 0.05) is 18.9 Å². The number of esters is 1. The number of imidazole rings is 1. The molecule has 3 aromatic rings. The van der Waals surface area contributed by atoms with E-state index < -0.39 is 5.97 Å². The number of carbonyl (C=O) groups is 1. The van der Waals surface area contributed by atoms with Crippen molar-refractivity contribution in [2.75, 3.05) is 13.7 Å². The molecule has 0 atom stereocenters. The van der Waals surface area contributed by atoms with E-state index in [9.17, 15) is 4.79 Å². The highest BCUT2D eigenvalue weighted by molar-refractivity contribution is 6.20. The molecule has 0 aliphatic heterocycles. The fourth-order valence-corrected chi connectivity index (χ4v) is 2.75. The van der Waals surface area contributed by atoms with Crippen LogP contribution in [0.2, 0.25) is 0 Å². The van der Waals surface area contributed by atoms with Crippen LogP contribution in [0, 0.1) is 0 Å². The summed E-state index contributed by atoms with van der Waals surface area (Å²) in [6, 6.07) is 17.5. The van der Waals surface area contributed by atoms with Gasteiger partial charge in [0.2, 0.25) is 0 Å². The van der Waals surface area contributed by atoms with Gasteiger partial charge < -0.3 is 14.0 Å². The Kier molecular flexibility index (Phi) is 6.05. The van der Waals surface area contributed by atoms with Crippen LogP contribution in [-0.4, -0.2) is 29.2 Å². The highest BCUT2D eigenvalue weighted by Crippen LogP contribution is 2.21. The second-order valence-corrected chi connectivity index (χ2v) is 5.92. The molecule has 0 saturated carbocycles. The Morgan fingerprint density at radius 2 is 1.85 bits per heavy atom. The highest BCUT2D eigenvalue weighted by atomic mass is 16.5. The first-order valence-corrected chi connectivity index (χ1v) is 8.79. The van der Waals surface area contributed by atoms with Crippen LogP contribution < -0.4 is 4.74 Å². The fraction of sp³-hybridized carbons (Fsp3) is 0.182. The van der Waals surface area contributed by atoms with E-state index >= 15 is 0 Å². The summed E-state index contributed by atoms with van der Waals surface area (Å²) in [5, 5.41) is 0. The maximum atomic E-state index is 12.6. The van der Waals surface area contributed by atoms with Gasteiger partial charge >= 0.3 is 5.97 Å². The number of carbonyl (C=O) groups excluding carboxylic acids is 1. The molecule has 0 aliphatic carbocycles. The number of hydrogen-bond donors (Lipinski definition) is 0. The normalized spacial score (nSPS) is 11.3. The first kappa shape index (κ1) is 18.5. The van der Waals surface area contributed by atoms with E-state index in [2.05, 4.69) is 4.98 Å². The minimum atomic E-state index is -0.395. The van der Waals surface area contributed by atoms with Crippen molar-refractivity contribution in [3.8, 4) is 5.75 Å². The van der Waals surface area contributed by atoms with E-state index in [0.717, 1.165) is 16.9 Å². The van der Waals surface area contributed by atoms with Crippen LogP contribution in [-0.2, 0) is 16.1 Å². The highest BCUT2D eigenvalue weighted by Gasteiger charge is 2.19. The Labute approximate surface area is 158 Å². The molecule has 0 saturated heterocycles. The van der Waals surface area contributed by atoms with Crippen LogP contribution in [0.3, 0.4) is 0 Å². The molecule has 2 aromatic carbocycles. The lowest BCUT2D eigenvalue weighted by atomic mass is 10.1. The molecule has 27 heavy (non-hydrogen) atoms. The number of hydrogen-bond acceptors (Lipinski definition) is 4. The summed E-state index contributed by atoms with van der Waals surface area (Å²) in [6.45, 7) is 2.72. The van der Waals surface area contributed by atoms with Crippen molar-refractivity contribution in [3.05, 3.63) is 83.9 Å². The summed E-state index contributed by atoms with van der Waals surface area (Å²) in [5.41, 5.74) is 2.42. The number of aromatic nitrogens is 2. The van der Waals surface area contributed by atoms with Gasteiger partial charge in [0.05, 0.1) is 13.7 Å². The monoisotopic (exact) mass is 362 g/mol. The molecule has 0 unspecified atom stereocenters. The zero-order valence-corrected chi connectivity index (χ0v) is 15.5. The van der Waals surface area contributed by atoms with E-state index in [1.54, 1.807) is 26.3 Å². The van der Waals surface area contributed by atoms with Crippen molar-refractivity contribution in [2.45, 2.75) is 13.5 Å². The molecular formula is C22H22N2O3. The van der Waals surface area contributed by atoms with Gasteiger partial charge in [-0.15, -0.1) is 0 Å². The smallest absolute Gasteiger partial charge is 0.341 e. The first-order valence-electron chi connectivity index (χ1n) is 8.79. The van der Waals surface area contributed by atoms with Crippen molar-refractivity contribution in [1.29, 1.82) is 0 Å². The molecular weight excluding hydrogens is 340 g/mol. The Morgan fingerprint density at radius 1 is 1.11 bits per heavy atom. The zero-order chi connectivity index (χ0) is 19.1. The number of nitrogens with zero attached hydrogens (tertiary/aromatic N) is 2. The predicted molar refractivity (Wildman–Crippen MR) is 105 cm³/mol. The third kappa shape index (κ3) is 4.64. The Hall–Kier alpha value is -3.34. The van der Waals surface area contributed by atoms with Crippen molar-refractivity contribution in [1.82, 2.24) is 9.55 Å². The molecule has 1 heterocycles. The van der Waals surface area contributed by atoms with Crippen LogP contribution in [0.25, 0.3) is 11.6 Å². The summed E-state index contributed by atoms with van der Waals surface area (Å²) >= 11 is 0. The average molecular weight is 362 g/mol. The Balaban J connectivity index is 1.97. The summed E-state index contributed by atoms with van der Waals surface area (Å²) < 4.78 is 12.4. The molecule has 1 aromatic heterocycles. The van der Waals surface area contributed by atoms with E-state index in [1.807, 2.05) is 65.4 Å². The Morgan fingerprint density at radius 3 is 2.52 bits per heavy atom. The molecule has 138 valence electrons. The van der Waals surface area contributed by atoms with Crippen LogP contribution in [0.4, 0.5) is 0 Å². The lowest BCUT2D eigenvalue weighted by molar-refractivity contribution is -0.136. The number of rotatable bonds is 7. The van der Waals surface area contributed by atoms with Crippen LogP contribution >= 0.6 is 0 Å². The third-order valence-electron chi connectivity index (χ3n) is 4.07. The SMILES string of the molecule is CCOC(=O)/C(=C/c1ccc(OC)cc1)c1nccn1Cc1ccccc1. The maximum Gasteiger partial charge on any atom is 0.341 e. The molecule has 5 nitrogen and oxygen atoms in total. The molecule has 0 bridgehead atoms. The predicted octanol–water partition coefficient (Wildman–Crippen LogP) is 4.04. The minimum absolute atomic E-state index is 0.304. The number of benzene rings is 2. The maximum absolute atomic E-state index is 12.6. The van der Waals surface area contributed by atoms with E-state index in [0.29, 0.717) is 24.5 Å². The lowest BCUT2D eigenvalue weighted by Crippen LogP contribution is -2.12. The van der Waals surface area contributed by atoms with Gasteiger partial charge in [-0.1, -0.05) is 42.5 Å². The summed E-state index contributed by atoms with van der Waals surface area (Å²) in [4.78, 5) is 17.0. The summed E-state index contributed by atoms with van der Waals surface area (Å²) in [5.74, 6) is 0.942. The van der Waals surface area contributed by atoms with Crippen molar-refractivity contribution >= 4 is 17.6 Å². The van der Waals surface area contributed by atoms with Crippen molar-refractivity contribution < 1.29 is 14.3 Å². The second-order valence-electron chi connectivity index (χ2n) is 5.92. The first-order chi connectivity index (χ1) is 13.2. The fourth-order valence-electron chi connectivity index (χ4n) is 2.75. The standard InChI is InChI=1S/C22H22N2O3/c1-3-27-22(25)20(15-17-9-11-19(26-2)12-10-17)21-23-13-14-24(21)16-18-7-5-4-6-8-18/h4-15H,3,16H2,1-2H3/b20-15+. The minimum Gasteiger partial charge on any atom is -0.497 e. The molecule has 0 N–H and O–H groups in total. The largest absolute Gasteiger partial charge is 0.497 e. The third-order valence-corrected chi connectivity index (χ3v) is 4.07. The quantitative estimate of drug-likeness (QED) is 0.470. The van der Waals surface area contributed by atoms with Gasteiger partial charge in [0.25, 0.3) is 0 Å². The zero-order valence-electron chi connectivity index (χ0n) is 15.5. The van der Waals surface area contributed by atoms with Gasteiger partial charge in [-0.25, -0.2) is 9.78 Å². The molecule has 0 spiro atoms.